The highest BCUT2D eigenvalue weighted by molar-refractivity contribution is 5.89. The lowest BCUT2D eigenvalue weighted by molar-refractivity contribution is -0.141. The first-order chi connectivity index (χ1) is 14.1. The fourth-order valence-corrected chi connectivity index (χ4v) is 3.29. The Bertz CT molecular complexity index is 822. The zero-order valence-electron chi connectivity index (χ0n) is 16.7. The van der Waals surface area contributed by atoms with Gasteiger partial charge in [-0.3, -0.25) is 14.6 Å². The van der Waals surface area contributed by atoms with Crippen LogP contribution in [0.15, 0.2) is 42.7 Å². The van der Waals surface area contributed by atoms with Gasteiger partial charge >= 0.3 is 0 Å². The van der Waals surface area contributed by atoms with Gasteiger partial charge < -0.3 is 25.0 Å². The van der Waals surface area contributed by atoms with Crippen molar-refractivity contribution < 1.29 is 19.1 Å². The van der Waals surface area contributed by atoms with E-state index in [1.807, 2.05) is 12.1 Å². The Morgan fingerprint density at radius 2 is 1.97 bits per heavy atom. The predicted octanol–water partition coefficient (Wildman–Crippen LogP) is 0.758. The third-order valence-electron chi connectivity index (χ3n) is 4.82. The molecule has 0 saturated carbocycles. The summed E-state index contributed by atoms with van der Waals surface area (Å²) in [6, 6.07) is 8.53. The molecule has 2 aromatic rings. The van der Waals surface area contributed by atoms with Crippen molar-refractivity contribution >= 4 is 11.8 Å². The Hall–Kier alpha value is -3.13. The van der Waals surface area contributed by atoms with Crippen LogP contribution in [0.1, 0.15) is 11.1 Å². The normalized spacial score (nSPS) is 16.2. The number of piperazine rings is 1. The molecule has 1 aromatic carbocycles. The first kappa shape index (κ1) is 20.6. The number of benzene rings is 1. The van der Waals surface area contributed by atoms with Crippen molar-refractivity contribution in [2.24, 2.45) is 0 Å². The predicted molar refractivity (Wildman–Crippen MR) is 108 cm³/mol. The topological polar surface area (TPSA) is 92.8 Å². The minimum absolute atomic E-state index is 0.108. The van der Waals surface area contributed by atoms with E-state index in [9.17, 15) is 9.59 Å². The van der Waals surface area contributed by atoms with Crippen molar-refractivity contribution in [3.05, 3.63) is 53.9 Å². The van der Waals surface area contributed by atoms with Gasteiger partial charge in [0.05, 0.1) is 20.6 Å². The van der Waals surface area contributed by atoms with Crippen molar-refractivity contribution in [1.82, 2.24) is 20.5 Å². The van der Waals surface area contributed by atoms with Crippen molar-refractivity contribution in [2.45, 2.75) is 19.0 Å². The average Bonchev–Trinajstić information content (AvgIpc) is 2.77. The molecule has 0 spiro atoms. The molecule has 2 N–H and O–H groups in total. The summed E-state index contributed by atoms with van der Waals surface area (Å²) in [4.78, 5) is 31.4. The number of aromatic nitrogens is 1. The van der Waals surface area contributed by atoms with Crippen molar-refractivity contribution in [3.8, 4) is 11.5 Å². The van der Waals surface area contributed by atoms with E-state index in [1.54, 1.807) is 49.7 Å². The number of nitrogens with one attached hydrogen (secondary N) is 2. The van der Waals surface area contributed by atoms with Gasteiger partial charge in [-0.25, -0.2) is 0 Å². The highest BCUT2D eigenvalue weighted by atomic mass is 16.5. The molecular formula is C21H26N4O4. The van der Waals surface area contributed by atoms with Crippen molar-refractivity contribution in [2.75, 3.05) is 33.9 Å². The summed E-state index contributed by atoms with van der Waals surface area (Å²) in [6.07, 6.45) is 3.56. The van der Waals surface area contributed by atoms with Gasteiger partial charge in [-0.1, -0.05) is 6.07 Å². The van der Waals surface area contributed by atoms with Crippen LogP contribution >= 0.6 is 0 Å². The van der Waals surface area contributed by atoms with Gasteiger partial charge in [0.1, 0.15) is 17.5 Å². The largest absolute Gasteiger partial charge is 0.497 e. The number of hydrogen-bond donors (Lipinski definition) is 2. The van der Waals surface area contributed by atoms with Crippen LogP contribution in [0.3, 0.4) is 0 Å². The Morgan fingerprint density at radius 1 is 1.21 bits per heavy atom. The number of rotatable bonds is 7. The molecule has 8 nitrogen and oxygen atoms in total. The summed E-state index contributed by atoms with van der Waals surface area (Å²) in [7, 11) is 3.14. The molecule has 1 aliphatic heterocycles. The summed E-state index contributed by atoms with van der Waals surface area (Å²) >= 11 is 0. The third kappa shape index (κ3) is 5.45. The molecule has 1 fully saturated rings. The molecule has 0 unspecified atom stereocenters. The lowest BCUT2D eigenvalue weighted by atomic mass is 10.1. The monoisotopic (exact) mass is 398 g/mol. The summed E-state index contributed by atoms with van der Waals surface area (Å²) in [5.74, 6) is 0.956. The number of carbonyl (C=O) groups excluding carboxylic acids is 2. The van der Waals surface area contributed by atoms with Crippen LogP contribution in [-0.4, -0.2) is 61.6 Å². The summed E-state index contributed by atoms with van der Waals surface area (Å²) < 4.78 is 10.5. The van der Waals surface area contributed by atoms with Crippen LogP contribution in [0, 0.1) is 0 Å². The summed E-state index contributed by atoms with van der Waals surface area (Å²) in [5, 5.41) is 6.09. The number of hydrogen-bond acceptors (Lipinski definition) is 6. The molecule has 0 aliphatic carbocycles. The van der Waals surface area contributed by atoms with Crippen LogP contribution in [0.25, 0.3) is 0 Å². The lowest BCUT2D eigenvalue weighted by Gasteiger charge is -2.35. The van der Waals surface area contributed by atoms with Crippen molar-refractivity contribution in [3.63, 3.8) is 0 Å². The van der Waals surface area contributed by atoms with E-state index in [-0.39, 0.29) is 18.2 Å². The maximum absolute atomic E-state index is 13.0. The zero-order chi connectivity index (χ0) is 20.6. The highest BCUT2D eigenvalue weighted by Crippen LogP contribution is 2.23. The molecule has 1 aliphatic rings. The highest BCUT2D eigenvalue weighted by Gasteiger charge is 2.31. The molecule has 2 amide bonds. The zero-order valence-corrected chi connectivity index (χ0v) is 16.7. The van der Waals surface area contributed by atoms with E-state index in [1.165, 1.54) is 0 Å². The molecule has 0 radical (unpaired) electrons. The second-order valence-electron chi connectivity index (χ2n) is 6.78. The van der Waals surface area contributed by atoms with E-state index in [2.05, 4.69) is 15.6 Å². The van der Waals surface area contributed by atoms with Gasteiger partial charge in [0.2, 0.25) is 11.8 Å². The van der Waals surface area contributed by atoms with Crippen molar-refractivity contribution in [1.29, 1.82) is 0 Å². The number of ether oxygens (including phenoxy) is 2. The van der Waals surface area contributed by atoms with E-state index in [4.69, 9.17) is 9.47 Å². The standard InChI is InChI=1S/C21H26N4O4/c1-28-17-8-16(9-18(11-17)29-2)10-20(26)25-7-6-23-14-19(25)21(27)24-13-15-4-3-5-22-12-15/h3-5,8-9,11-12,19,23H,6-7,10,13-14H2,1-2H3,(H,24,27)/t19-/m0/s1. The maximum Gasteiger partial charge on any atom is 0.244 e. The van der Waals surface area contributed by atoms with E-state index >= 15 is 0 Å². The SMILES string of the molecule is COc1cc(CC(=O)N2CCNC[C@H]2C(=O)NCc2cccnc2)cc(OC)c1. The minimum atomic E-state index is -0.555. The number of amides is 2. The van der Waals surface area contributed by atoms with Gasteiger partial charge in [0, 0.05) is 44.6 Å². The molecule has 154 valence electrons. The molecule has 8 heteroatoms. The number of methoxy groups -OCH3 is 2. The van der Waals surface area contributed by atoms with Gasteiger partial charge in [-0.05, 0) is 29.3 Å². The molecule has 1 atom stereocenters. The van der Waals surface area contributed by atoms with Crippen LogP contribution in [0.2, 0.25) is 0 Å². The first-order valence-electron chi connectivity index (χ1n) is 9.49. The molecule has 1 aromatic heterocycles. The van der Waals surface area contributed by atoms with Gasteiger partial charge in [0.25, 0.3) is 0 Å². The molecule has 29 heavy (non-hydrogen) atoms. The Balaban J connectivity index is 1.67. The Labute approximate surface area is 170 Å². The number of pyridine rings is 1. The first-order valence-corrected chi connectivity index (χ1v) is 9.49. The Morgan fingerprint density at radius 3 is 2.62 bits per heavy atom. The third-order valence-corrected chi connectivity index (χ3v) is 4.82. The number of carbonyl (C=O) groups is 2. The fraction of sp³-hybridized carbons (Fsp3) is 0.381. The molecule has 1 saturated heterocycles. The second-order valence-corrected chi connectivity index (χ2v) is 6.78. The summed E-state index contributed by atoms with van der Waals surface area (Å²) in [5.41, 5.74) is 1.69. The molecule has 2 heterocycles. The van der Waals surface area contributed by atoms with Gasteiger partial charge in [0.15, 0.2) is 0 Å². The van der Waals surface area contributed by atoms with Crippen LogP contribution in [-0.2, 0) is 22.6 Å². The number of nitrogens with zero attached hydrogens (tertiary/aromatic N) is 2. The Kier molecular flexibility index (Phi) is 7.02. The van der Waals surface area contributed by atoms with E-state index < -0.39 is 6.04 Å². The van der Waals surface area contributed by atoms with Crippen LogP contribution in [0.4, 0.5) is 0 Å². The minimum Gasteiger partial charge on any atom is -0.497 e. The second kappa shape index (κ2) is 9.88. The molecule has 3 rings (SSSR count). The quantitative estimate of drug-likeness (QED) is 0.715. The smallest absolute Gasteiger partial charge is 0.244 e. The summed E-state index contributed by atoms with van der Waals surface area (Å²) in [6.45, 7) is 1.93. The van der Waals surface area contributed by atoms with E-state index in [0.717, 1.165) is 11.1 Å². The molecular weight excluding hydrogens is 372 g/mol. The van der Waals surface area contributed by atoms with Crippen LogP contribution < -0.4 is 20.1 Å². The van der Waals surface area contributed by atoms with E-state index in [0.29, 0.717) is 37.7 Å². The maximum atomic E-state index is 13.0. The van der Waals surface area contributed by atoms with Gasteiger partial charge in [-0.15, -0.1) is 0 Å². The fourth-order valence-electron chi connectivity index (χ4n) is 3.29. The molecule has 0 bridgehead atoms. The van der Waals surface area contributed by atoms with Gasteiger partial charge in [-0.2, -0.15) is 0 Å². The lowest BCUT2D eigenvalue weighted by Crippen LogP contribution is -2.59. The average molecular weight is 398 g/mol. The van der Waals surface area contributed by atoms with Crippen LogP contribution in [0.5, 0.6) is 11.5 Å².